The van der Waals surface area contributed by atoms with Crippen LogP contribution in [0.1, 0.15) is 73.6 Å². The highest BCUT2D eigenvalue weighted by atomic mass is 15.0. The van der Waals surface area contributed by atoms with Crippen LogP contribution in [0.2, 0.25) is 0 Å². The van der Waals surface area contributed by atoms with Gasteiger partial charge in [0.05, 0.1) is 5.69 Å². The van der Waals surface area contributed by atoms with Crippen molar-refractivity contribution >= 4 is 0 Å². The van der Waals surface area contributed by atoms with Crippen LogP contribution in [0.5, 0.6) is 0 Å². The fraction of sp³-hybridized carbons (Fsp3) is 0.750. The Kier molecular flexibility index (Phi) is 4.12. The molecule has 2 aliphatic rings. The minimum absolute atomic E-state index is 0.610. The summed E-state index contributed by atoms with van der Waals surface area (Å²) >= 11 is 0. The van der Waals surface area contributed by atoms with Crippen molar-refractivity contribution in [3.8, 4) is 0 Å². The molecule has 3 heteroatoms. The molecule has 3 rings (SSSR count). The molecule has 0 atom stereocenters. The summed E-state index contributed by atoms with van der Waals surface area (Å²) in [5.41, 5.74) is 3.86. The Labute approximate surface area is 116 Å². The Morgan fingerprint density at radius 2 is 1.74 bits per heavy atom. The lowest BCUT2D eigenvalue weighted by Crippen LogP contribution is -2.27. The summed E-state index contributed by atoms with van der Waals surface area (Å²) in [5, 5.41) is 3.42. The molecule has 0 bridgehead atoms. The van der Waals surface area contributed by atoms with Crippen LogP contribution in [-0.4, -0.2) is 16.5 Å². The molecule has 0 unspecified atom stereocenters. The second-order valence-electron chi connectivity index (χ2n) is 6.06. The van der Waals surface area contributed by atoms with Crippen molar-refractivity contribution in [2.45, 2.75) is 70.8 Å². The molecule has 104 valence electrons. The number of nitrogens with zero attached hydrogens (tertiary/aromatic N) is 2. The van der Waals surface area contributed by atoms with Gasteiger partial charge >= 0.3 is 0 Å². The molecular weight excluding hydrogens is 234 g/mol. The van der Waals surface area contributed by atoms with Crippen LogP contribution in [0.25, 0.3) is 0 Å². The summed E-state index contributed by atoms with van der Waals surface area (Å²) in [6.07, 6.45) is 10.6. The van der Waals surface area contributed by atoms with Crippen molar-refractivity contribution in [2.24, 2.45) is 0 Å². The minimum atomic E-state index is 0.610. The monoisotopic (exact) mass is 259 g/mol. The van der Waals surface area contributed by atoms with Crippen LogP contribution in [0.15, 0.2) is 0 Å². The van der Waals surface area contributed by atoms with Crippen molar-refractivity contribution in [1.29, 1.82) is 0 Å². The first-order chi connectivity index (χ1) is 9.34. The maximum Gasteiger partial charge on any atom is 0.131 e. The molecule has 19 heavy (non-hydrogen) atoms. The minimum Gasteiger partial charge on any atom is -0.312 e. The van der Waals surface area contributed by atoms with Gasteiger partial charge < -0.3 is 5.32 Å². The van der Waals surface area contributed by atoms with Gasteiger partial charge in [-0.2, -0.15) is 0 Å². The second-order valence-corrected chi connectivity index (χ2v) is 6.06. The third-order valence-corrected chi connectivity index (χ3v) is 4.63. The number of nitrogens with one attached hydrogen (secondary N) is 1. The third-order valence-electron chi connectivity index (χ3n) is 4.63. The van der Waals surface area contributed by atoms with Crippen LogP contribution in [0, 0.1) is 6.92 Å². The van der Waals surface area contributed by atoms with Crippen molar-refractivity contribution in [1.82, 2.24) is 15.3 Å². The van der Waals surface area contributed by atoms with E-state index in [0.29, 0.717) is 5.92 Å². The second kappa shape index (κ2) is 6.00. The van der Waals surface area contributed by atoms with Crippen LogP contribution in [-0.2, 0) is 13.0 Å². The predicted octanol–water partition coefficient (Wildman–Crippen LogP) is 3.26. The van der Waals surface area contributed by atoms with Crippen LogP contribution in [0.4, 0.5) is 0 Å². The van der Waals surface area contributed by atoms with E-state index >= 15 is 0 Å². The number of fused-ring (bicyclic) bond motifs is 1. The largest absolute Gasteiger partial charge is 0.312 e. The van der Waals surface area contributed by atoms with E-state index in [2.05, 4.69) is 12.2 Å². The fourth-order valence-electron chi connectivity index (χ4n) is 3.43. The highest BCUT2D eigenvalue weighted by Gasteiger charge is 2.20. The standard InChI is InChI=1S/C16H25N3/c1-12-14-11-17-10-9-15(14)19-16(18-12)13-7-5-3-2-4-6-8-13/h13,17H,2-11H2,1H3. The third kappa shape index (κ3) is 2.97. The highest BCUT2D eigenvalue weighted by Crippen LogP contribution is 2.30. The lowest BCUT2D eigenvalue weighted by Gasteiger charge is -2.23. The Bertz CT molecular complexity index is 434. The van der Waals surface area contributed by atoms with Crippen molar-refractivity contribution in [3.63, 3.8) is 0 Å². The molecule has 1 N–H and O–H groups in total. The zero-order chi connectivity index (χ0) is 13.1. The molecule has 0 radical (unpaired) electrons. The average molecular weight is 259 g/mol. The lowest BCUT2D eigenvalue weighted by molar-refractivity contribution is 0.439. The number of hydrogen-bond donors (Lipinski definition) is 1. The summed E-state index contributed by atoms with van der Waals surface area (Å²) in [7, 11) is 0. The number of aromatic nitrogens is 2. The SMILES string of the molecule is Cc1nc(C2CCCCCCC2)nc2c1CNCC2. The molecule has 1 aliphatic heterocycles. The van der Waals surface area contributed by atoms with Crippen LogP contribution >= 0.6 is 0 Å². The molecule has 1 fully saturated rings. The van der Waals surface area contributed by atoms with Crippen LogP contribution < -0.4 is 5.32 Å². The van der Waals surface area contributed by atoms with Crippen molar-refractivity contribution in [3.05, 3.63) is 22.8 Å². The smallest absolute Gasteiger partial charge is 0.131 e. The summed E-state index contributed by atoms with van der Waals surface area (Å²) in [6, 6.07) is 0. The van der Waals surface area contributed by atoms with Gasteiger partial charge in [-0.1, -0.05) is 32.1 Å². The summed E-state index contributed by atoms with van der Waals surface area (Å²) < 4.78 is 0. The highest BCUT2D eigenvalue weighted by molar-refractivity contribution is 5.28. The van der Waals surface area contributed by atoms with Gasteiger partial charge in [-0.3, -0.25) is 0 Å². The van der Waals surface area contributed by atoms with Gasteiger partial charge in [-0.15, -0.1) is 0 Å². The van der Waals surface area contributed by atoms with Crippen molar-refractivity contribution < 1.29 is 0 Å². The summed E-state index contributed by atoms with van der Waals surface area (Å²) in [4.78, 5) is 9.75. The van der Waals surface area contributed by atoms with E-state index in [0.717, 1.165) is 25.3 Å². The molecule has 0 saturated heterocycles. The quantitative estimate of drug-likeness (QED) is 0.841. The molecule has 3 nitrogen and oxygen atoms in total. The van der Waals surface area contributed by atoms with E-state index in [9.17, 15) is 0 Å². The zero-order valence-electron chi connectivity index (χ0n) is 12.0. The molecule has 0 aromatic carbocycles. The summed E-state index contributed by atoms with van der Waals surface area (Å²) in [5.74, 6) is 1.75. The van der Waals surface area contributed by atoms with E-state index in [1.54, 1.807) is 0 Å². The lowest BCUT2D eigenvalue weighted by atomic mass is 9.90. The maximum absolute atomic E-state index is 4.92. The number of aryl methyl sites for hydroxylation is 1. The normalized spacial score (nSPS) is 21.5. The molecule has 2 heterocycles. The van der Waals surface area contributed by atoms with Crippen molar-refractivity contribution in [2.75, 3.05) is 6.54 Å². The van der Waals surface area contributed by atoms with Gasteiger partial charge in [0.2, 0.25) is 0 Å². The van der Waals surface area contributed by atoms with Gasteiger partial charge in [0.15, 0.2) is 0 Å². The summed E-state index contributed by atoms with van der Waals surface area (Å²) in [6.45, 7) is 4.17. The molecule has 1 saturated carbocycles. The zero-order valence-corrected chi connectivity index (χ0v) is 12.0. The molecule has 1 aromatic heterocycles. The first-order valence-electron chi connectivity index (χ1n) is 7.91. The Balaban J connectivity index is 1.84. The molecule has 0 spiro atoms. The van der Waals surface area contributed by atoms with E-state index < -0.39 is 0 Å². The Morgan fingerprint density at radius 3 is 2.53 bits per heavy atom. The fourth-order valence-corrected chi connectivity index (χ4v) is 3.43. The first kappa shape index (κ1) is 13.0. The van der Waals surface area contributed by atoms with Gasteiger partial charge in [-0.05, 0) is 19.8 Å². The molecular formula is C16H25N3. The van der Waals surface area contributed by atoms with E-state index in [-0.39, 0.29) is 0 Å². The maximum atomic E-state index is 4.92. The number of hydrogen-bond acceptors (Lipinski definition) is 3. The average Bonchev–Trinajstić information content (AvgIpc) is 2.38. The topological polar surface area (TPSA) is 37.8 Å². The van der Waals surface area contributed by atoms with E-state index in [4.69, 9.17) is 9.97 Å². The van der Waals surface area contributed by atoms with E-state index in [1.165, 1.54) is 61.9 Å². The molecule has 1 aliphatic carbocycles. The Morgan fingerprint density at radius 1 is 1.00 bits per heavy atom. The number of rotatable bonds is 1. The van der Waals surface area contributed by atoms with Gasteiger partial charge in [0.1, 0.15) is 5.82 Å². The predicted molar refractivity (Wildman–Crippen MR) is 77.2 cm³/mol. The van der Waals surface area contributed by atoms with Gasteiger partial charge in [0.25, 0.3) is 0 Å². The molecule has 1 aromatic rings. The van der Waals surface area contributed by atoms with Gasteiger partial charge in [-0.25, -0.2) is 9.97 Å². The molecule has 0 amide bonds. The van der Waals surface area contributed by atoms with Crippen LogP contribution in [0.3, 0.4) is 0 Å². The first-order valence-corrected chi connectivity index (χ1v) is 7.91. The Hall–Kier alpha value is -0.960. The van der Waals surface area contributed by atoms with Gasteiger partial charge in [0, 0.05) is 36.7 Å². The van der Waals surface area contributed by atoms with E-state index in [1.807, 2.05) is 0 Å².